The summed E-state index contributed by atoms with van der Waals surface area (Å²) in [4.78, 5) is 37.6. The van der Waals surface area contributed by atoms with Gasteiger partial charge in [-0.05, 0) is 31.9 Å². The van der Waals surface area contributed by atoms with Crippen LogP contribution in [0.3, 0.4) is 0 Å². The van der Waals surface area contributed by atoms with E-state index in [1.165, 1.54) is 4.90 Å². The standard InChI is InChI=1S/C15H17N3O3/c1-8-4-3-5-10-13(8)15(21)18(9(2)16-10)11-6-7-12(19)17-14(11)20/h3-5,9,11,16H,6-7H2,1-2H3,(H,17,19,20). The highest BCUT2D eigenvalue weighted by Crippen LogP contribution is 2.30. The maximum absolute atomic E-state index is 12.8. The third kappa shape index (κ3) is 2.16. The first-order valence-electron chi connectivity index (χ1n) is 7.01. The van der Waals surface area contributed by atoms with E-state index in [2.05, 4.69) is 10.6 Å². The van der Waals surface area contributed by atoms with Crippen LogP contribution in [-0.4, -0.2) is 34.8 Å². The van der Waals surface area contributed by atoms with E-state index in [1.807, 2.05) is 32.0 Å². The Labute approximate surface area is 122 Å². The number of piperidine rings is 1. The lowest BCUT2D eigenvalue weighted by Crippen LogP contribution is -2.60. The number of imide groups is 1. The number of amides is 3. The summed E-state index contributed by atoms with van der Waals surface area (Å²) in [5.41, 5.74) is 2.26. The number of anilines is 1. The Balaban J connectivity index is 1.97. The average Bonchev–Trinajstić information content (AvgIpc) is 2.40. The number of hydrogen-bond acceptors (Lipinski definition) is 4. The molecule has 2 N–H and O–H groups in total. The van der Waals surface area contributed by atoms with Crippen LogP contribution in [0.4, 0.5) is 5.69 Å². The predicted octanol–water partition coefficient (Wildman–Crippen LogP) is 1.01. The minimum atomic E-state index is -0.606. The lowest BCUT2D eigenvalue weighted by molar-refractivity contribution is -0.137. The maximum Gasteiger partial charge on any atom is 0.258 e. The molecule has 1 fully saturated rings. The van der Waals surface area contributed by atoms with Crippen LogP contribution in [0.15, 0.2) is 18.2 Å². The predicted molar refractivity (Wildman–Crippen MR) is 76.6 cm³/mol. The molecular weight excluding hydrogens is 270 g/mol. The topological polar surface area (TPSA) is 78.5 Å². The van der Waals surface area contributed by atoms with Crippen LogP contribution in [0.1, 0.15) is 35.7 Å². The highest BCUT2D eigenvalue weighted by atomic mass is 16.2. The van der Waals surface area contributed by atoms with Crippen molar-refractivity contribution in [2.24, 2.45) is 0 Å². The van der Waals surface area contributed by atoms with Gasteiger partial charge >= 0.3 is 0 Å². The smallest absolute Gasteiger partial charge is 0.258 e. The third-order valence-corrected chi connectivity index (χ3v) is 4.05. The van der Waals surface area contributed by atoms with Crippen LogP contribution in [0.5, 0.6) is 0 Å². The molecule has 2 atom stereocenters. The highest BCUT2D eigenvalue weighted by Gasteiger charge is 2.40. The van der Waals surface area contributed by atoms with Crippen LogP contribution in [-0.2, 0) is 9.59 Å². The van der Waals surface area contributed by atoms with E-state index >= 15 is 0 Å². The molecule has 110 valence electrons. The largest absolute Gasteiger partial charge is 0.365 e. The van der Waals surface area contributed by atoms with Crippen molar-refractivity contribution in [1.82, 2.24) is 10.2 Å². The van der Waals surface area contributed by atoms with Crippen LogP contribution < -0.4 is 10.6 Å². The number of nitrogens with zero attached hydrogens (tertiary/aromatic N) is 1. The van der Waals surface area contributed by atoms with Crippen molar-refractivity contribution in [3.8, 4) is 0 Å². The zero-order valence-corrected chi connectivity index (χ0v) is 12.0. The van der Waals surface area contributed by atoms with Gasteiger partial charge in [-0.2, -0.15) is 0 Å². The monoisotopic (exact) mass is 287 g/mol. The summed E-state index contributed by atoms with van der Waals surface area (Å²) in [5.74, 6) is -0.841. The van der Waals surface area contributed by atoms with Gasteiger partial charge in [0.2, 0.25) is 11.8 Å². The van der Waals surface area contributed by atoms with Crippen LogP contribution >= 0.6 is 0 Å². The van der Waals surface area contributed by atoms with Gasteiger partial charge in [0.05, 0.1) is 11.7 Å². The normalized spacial score (nSPS) is 25.2. The number of hydrogen-bond donors (Lipinski definition) is 2. The lowest BCUT2D eigenvalue weighted by Gasteiger charge is -2.41. The van der Waals surface area contributed by atoms with Crippen LogP contribution in [0, 0.1) is 6.92 Å². The van der Waals surface area contributed by atoms with Gasteiger partial charge in [0.25, 0.3) is 5.91 Å². The Kier molecular flexibility index (Phi) is 3.16. The first-order chi connectivity index (χ1) is 9.99. The molecule has 0 spiro atoms. The molecule has 2 aliphatic heterocycles. The number of aryl methyl sites for hydroxylation is 1. The molecule has 1 aromatic rings. The Morgan fingerprint density at radius 3 is 2.71 bits per heavy atom. The van der Waals surface area contributed by atoms with Crippen molar-refractivity contribution in [2.75, 3.05) is 5.32 Å². The fourth-order valence-electron chi connectivity index (χ4n) is 3.03. The maximum atomic E-state index is 12.8. The van der Waals surface area contributed by atoms with Gasteiger partial charge in [0, 0.05) is 12.1 Å². The molecule has 0 aromatic heterocycles. The zero-order valence-electron chi connectivity index (χ0n) is 12.0. The second-order valence-electron chi connectivity index (χ2n) is 5.50. The fraction of sp³-hybridized carbons (Fsp3) is 0.400. The number of carbonyl (C=O) groups is 3. The van der Waals surface area contributed by atoms with E-state index in [1.54, 1.807) is 0 Å². The SMILES string of the molecule is Cc1cccc2c1C(=O)N(C1CCC(=O)NC1=O)C(C)N2. The van der Waals surface area contributed by atoms with Crippen molar-refractivity contribution < 1.29 is 14.4 Å². The molecule has 0 aliphatic carbocycles. The molecule has 6 nitrogen and oxygen atoms in total. The molecule has 2 aliphatic rings. The average molecular weight is 287 g/mol. The third-order valence-electron chi connectivity index (χ3n) is 4.05. The number of rotatable bonds is 1. The summed E-state index contributed by atoms with van der Waals surface area (Å²) in [7, 11) is 0. The van der Waals surface area contributed by atoms with Gasteiger partial charge in [-0.25, -0.2) is 0 Å². The zero-order chi connectivity index (χ0) is 15.1. The van der Waals surface area contributed by atoms with Crippen LogP contribution in [0.2, 0.25) is 0 Å². The van der Waals surface area contributed by atoms with Gasteiger partial charge in [-0.3, -0.25) is 19.7 Å². The quantitative estimate of drug-likeness (QED) is 0.756. The molecule has 3 amide bonds. The molecular formula is C15H17N3O3. The van der Waals surface area contributed by atoms with E-state index in [0.29, 0.717) is 12.0 Å². The Morgan fingerprint density at radius 2 is 2.00 bits per heavy atom. The summed E-state index contributed by atoms with van der Waals surface area (Å²) in [6, 6.07) is 5.02. The van der Waals surface area contributed by atoms with Crippen molar-refractivity contribution in [1.29, 1.82) is 0 Å². The highest BCUT2D eigenvalue weighted by molar-refractivity contribution is 6.07. The number of nitrogens with one attached hydrogen (secondary N) is 2. The lowest BCUT2D eigenvalue weighted by atomic mass is 9.97. The van der Waals surface area contributed by atoms with E-state index in [9.17, 15) is 14.4 Å². The van der Waals surface area contributed by atoms with Gasteiger partial charge in [-0.1, -0.05) is 12.1 Å². The van der Waals surface area contributed by atoms with E-state index in [-0.39, 0.29) is 24.4 Å². The van der Waals surface area contributed by atoms with Crippen molar-refractivity contribution in [2.45, 2.75) is 38.9 Å². The Morgan fingerprint density at radius 1 is 1.24 bits per heavy atom. The second kappa shape index (κ2) is 4.87. The van der Waals surface area contributed by atoms with Crippen molar-refractivity contribution in [3.05, 3.63) is 29.3 Å². The van der Waals surface area contributed by atoms with Crippen molar-refractivity contribution >= 4 is 23.4 Å². The molecule has 6 heteroatoms. The van der Waals surface area contributed by atoms with E-state index in [4.69, 9.17) is 0 Å². The number of benzene rings is 1. The Hall–Kier alpha value is -2.37. The van der Waals surface area contributed by atoms with Crippen molar-refractivity contribution in [3.63, 3.8) is 0 Å². The molecule has 0 radical (unpaired) electrons. The molecule has 1 aromatic carbocycles. The van der Waals surface area contributed by atoms with Gasteiger partial charge in [-0.15, -0.1) is 0 Å². The van der Waals surface area contributed by atoms with E-state index < -0.39 is 11.9 Å². The first-order valence-corrected chi connectivity index (χ1v) is 7.01. The van der Waals surface area contributed by atoms with E-state index in [0.717, 1.165) is 11.3 Å². The molecule has 1 saturated heterocycles. The molecule has 0 saturated carbocycles. The summed E-state index contributed by atoms with van der Waals surface area (Å²) >= 11 is 0. The minimum Gasteiger partial charge on any atom is -0.365 e. The summed E-state index contributed by atoms with van der Waals surface area (Å²) in [6.45, 7) is 3.71. The van der Waals surface area contributed by atoms with Gasteiger partial charge in [0.15, 0.2) is 0 Å². The summed E-state index contributed by atoms with van der Waals surface area (Å²) in [6.07, 6.45) is 0.327. The molecule has 0 bridgehead atoms. The van der Waals surface area contributed by atoms with Gasteiger partial charge < -0.3 is 10.2 Å². The summed E-state index contributed by atoms with van der Waals surface area (Å²) in [5, 5.41) is 5.56. The minimum absolute atomic E-state index is 0.163. The molecule has 2 heterocycles. The molecule has 3 rings (SSSR count). The molecule has 21 heavy (non-hydrogen) atoms. The number of carbonyl (C=O) groups excluding carboxylic acids is 3. The second-order valence-corrected chi connectivity index (χ2v) is 5.50. The number of fused-ring (bicyclic) bond motifs is 1. The first kappa shape index (κ1) is 13.6. The fourth-order valence-corrected chi connectivity index (χ4v) is 3.03. The summed E-state index contributed by atoms with van der Waals surface area (Å²) < 4.78 is 0. The van der Waals surface area contributed by atoms with Gasteiger partial charge in [0.1, 0.15) is 6.04 Å². The van der Waals surface area contributed by atoms with Crippen LogP contribution in [0.25, 0.3) is 0 Å². The molecule has 2 unspecified atom stereocenters. The Bertz CT molecular complexity index is 641.